The van der Waals surface area contributed by atoms with Gasteiger partial charge in [-0.05, 0) is 31.7 Å². The Morgan fingerprint density at radius 1 is 1.32 bits per heavy atom. The van der Waals surface area contributed by atoms with Crippen LogP contribution in [0.3, 0.4) is 0 Å². The first-order valence-electron chi connectivity index (χ1n) is 9.25. The van der Waals surface area contributed by atoms with Gasteiger partial charge in [-0.1, -0.05) is 25.1 Å². The number of aromatic nitrogens is 2. The number of nitrogens with one attached hydrogen (secondary N) is 1. The first-order chi connectivity index (χ1) is 13.5. The molecule has 0 spiro atoms. The van der Waals surface area contributed by atoms with Crippen molar-refractivity contribution in [2.45, 2.75) is 31.7 Å². The van der Waals surface area contributed by atoms with E-state index in [2.05, 4.69) is 5.32 Å². The molecule has 142 valence electrons. The number of nitrogens with zero attached hydrogens (tertiary/aromatic N) is 2. The topological polar surface area (TPSA) is 93.5 Å². The molecule has 0 fully saturated rings. The SMILES string of the molecule is CC[C@@]1(O)C(=O)OCc2c1cc1n(c2=O)C(NC)c2cc3ccccc3nc2-1. The fraction of sp³-hybridized carbons (Fsp3) is 0.286. The van der Waals surface area contributed by atoms with Gasteiger partial charge in [-0.25, -0.2) is 9.78 Å². The minimum atomic E-state index is -1.82. The van der Waals surface area contributed by atoms with E-state index in [1.807, 2.05) is 30.3 Å². The molecular weight excluding hydrogens is 358 g/mol. The summed E-state index contributed by atoms with van der Waals surface area (Å²) in [6.07, 6.45) is -0.262. The lowest BCUT2D eigenvalue weighted by Gasteiger charge is -2.32. The largest absolute Gasteiger partial charge is 0.458 e. The van der Waals surface area contributed by atoms with Gasteiger partial charge in [0.2, 0.25) is 0 Å². The number of pyridine rings is 2. The van der Waals surface area contributed by atoms with Crippen LogP contribution in [0.2, 0.25) is 0 Å². The third-order valence-electron chi connectivity index (χ3n) is 5.81. The van der Waals surface area contributed by atoms with Gasteiger partial charge >= 0.3 is 5.97 Å². The molecule has 0 saturated heterocycles. The Bertz CT molecular complexity index is 1220. The maximum atomic E-state index is 13.3. The van der Waals surface area contributed by atoms with Crippen molar-refractivity contribution < 1.29 is 14.6 Å². The highest BCUT2D eigenvalue weighted by atomic mass is 16.6. The molecule has 1 unspecified atom stereocenters. The number of fused-ring (bicyclic) bond motifs is 5. The highest BCUT2D eigenvalue weighted by molar-refractivity contribution is 5.86. The summed E-state index contributed by atoms with van der Waals surface area (Å²) in [5, 5.41) is 15.1. The van der Waals surface area contributed by atoms with Crippen molar-refractivity contribution in [3.8, 4) is 11.4 Å². The average molecular weight is 377 g/mol. The van der Waals surface area contributed by atoms with E-state index in [0.29, 0.717) is 22.5 Å². The Morgan fingerprint density at radius 2 is 2.11 bits per heavy atom. The fourth-order valence-electron chi connectivity index (χ4n) is 4.28. The van der Waals surface area contributed by atoms with Crippen LogP contribution in [0.4, 0.5) is 0 Å². The van der Waals surface area contributed by atoms with Crippen molar-refractivity contribution in [3.05, 3.63) is 63.4 Å². The van der Waals surface area contributed by atoms with Crippen LogP contribution in [0.1, 0.15) is 36.2 Å². The molecule has 5 rings (SSSR count). The number of aliphatic hydroxyl groups is 1. The van der Waals surface area contributed by atoms with Gasteiger partial charge in [0.05, 0.1) is 22.5 Å². The first-order valence-corrected chi connectivity index (χ1v) is 9.25. The Balaban J connectivity index is 1.86. The van der Waals surface area contributed by atoms with E-state index in [-0.39, 0.29) is 24.8 Å². The molecule has 1 aromatic carbocycles. The summed E-state index contributed by atoms with van der Waals surface area (Å²) in [7, 11) is 1.78. The zero-order valence-electron chi connectivity index (χ0n) is 15.5. The maximum Gasteiger partial charge on any atom is 0.343 e. The zero-order valence-corrected chi connectivity index (χ0v) is 15.5. The smallest absolute Gasteiger partial charge is 0.343 e. The van der Waals surface area contributed by atoms with E-state index in [0.717, 1.165) is 16.5 Å². The van der Waals surface area contributed by atoms with E-state index in [4.69, 9.17) is 9.72 Å². The summed E-state index contributed by atoms with van der Waals surface area (Å²) < 4.78 is 6.75. The third-order valence-corrected chi connectivity index (χ3v) is 5.81. The van der Waals surface area contributed by atoms with Gasteiger partial charge < -0.3 is 9.84 Å². The minimum Gasteiger partial charge on any atom is -0.458 e. The minimum absolute atomic E-state index is 0.120. The molecule has 2 N–H and O–H groups in total. The molecule has 0 aliphatic carbocycles. The zero-order chi connectivity index (χ0) is 19.6. The lowest BCUT2D eigenvalue weighted by atomic mass is 9.86. The van der Waals surface area contributed by atoms with E-state index in [1.54, 1.807) is 24.6 Å². The van der Waals surface area contributed by atoms with Crippen LogP contribution in [-0.4, -0.2) is 27.7 Å². The predicted octanol–water partition coefficient (Wildman–Crippen LogP) is 1.80. The van der Waals surface area contributed by atoms with Gasteiger partial charge in [-0.3, -0.25) is 14.7 Å². The second kappa shape index (κ2) is 5.73. The van der Waals surface area contributed by atoms with Gasteiger partial charge in [-0.2, -0.15) is 0 Å². The first kappa shape index (κ1) is 17.1. The predicted molar refractivity (Wildman–Crippen MR) is 103 cm³/mol. The van der Waals surface area contributed by atoms with Crippen LogP contribution >= 0.6 is 0 Å². The van der Waals surface area contributed by atoms with Crippen molar-refractivity contribution >= 4 is 16.9 Å². The highest BCUT2D eigenvalue weighted by Crippen LogP contribution is 2.41. The highest BCUT2D eigenvalue weighted by Gasteiger charge is 2.46. The Hall–Kier alpha value is -3.03. The van der Waals surface area contributed by atoms with Crippen molar-refractivity contribution in [2.75, 3.05) is 7.05 Å². The van der Waals surface area contributed by atoms with Crippen molar-refractivity contribution in [2.24, 2.45) is 0 Å². The Labute approximate surface area is 160 Å². The van der Waals surface area contributed by atoms with Crippen LogP contribution in [0, 0.1) is 0 Å². The normalized spacial score (nSPS) is 22.5. The van der Waals surface area contributed by atoms with Gasteiger partial charge in [0.1, 0.15) is 12.8 Å². The lowest BCUT2D eigenvalue weighted by molar-refractivity contribution is -0.172. The molecule has 0 saturated carbocycles. The number of carbonyl (C=O) groups excluding carboxylic acids is 1. The molecule has 7 heteroatoms. The van der Waals surface area contributed by atoms with Gasteiger partial charge in [0.25, 0.3) is 5.56 Å². The van der Waals surface area contributed by atoms with Gasteiger partial charge in [0.15, 0.2) is 5.60 Å². The molecule has 3 aromatic rings. The summed E-state index contributed by atoms with van der Waals surface area (Å²) in [6, 6.07) is 11.5. The monoisotopic (exact) mass is 377 g/mol. The number of hydrogen-bond donors (Lipinski definition) is 2. The summed E-state index contributed by atoms with van der Waals surface area (Å²) in [5.41, 5.74) is 1.49. The molecule has 28 heavy (non-hydrogen) atoms. The number of para-hydroxylation sites is 1. The number of hydrogen-bond acceptors (Lipinski definition) is 6. The number of ether oxygens (including phenoxy) is 1. The van der Waals surface area contributed by atoms with Crippen LogP contribution in [0.5, 0.6) is 0 Å². The summed E-state index contributed by atoms with van der Waals surface area (Å²) in [4.78, 5) is 30.4. The second-order valence-electron chi connectivity index (χ2n) is 7.20. The van der Waals surface area contributed by atoms with Crippen LogP contribution in [-0.2, 0) is 21.7 Å². The van der Waals surface area contributed by atoms with Gasteiger partial charge in [0, 0.05) is 16.5 Å². The molecule has 2 atom stereocenters. The molecule has 2 aliphatic heterocycles. The number of benzene rings is 1. The van der Waals surface area contributed by atoms with Crippen LogP contribution < -0.4 is 10.9 Å². The number of carbonyl (C=O) groups is 1. The third kappa shape index (κ3) is 2.03. The van der Waals surface area contributed by atoms with Crippen molar-refractivity contribution in [1.29, 1.82) is 0 Å². The van der Waals surface area contributed by atoms with Crippen LogP contribution in [0.15, 0.2) is 41.2 Å². The molecule has 0 amide bonds. The van der Waals surface area contributed by atoms with E-state index in [1.165, 1.54) is 0 Å². The van der Waals surface area contributed by atoms with E-state index >= 15 is 0 Å². The second-order valence-corrected chi connectivity index (χ2v) is 7.20. The summed E-state index contributed by atoms with van der Waals surface area (Å²) in [6.45, 7) is 1.55. The molecular formula is C21H19N3O4. The molecule has 4 heterocycles. The standard InChI is InChI=1S/C21H19N3O4/c1-3-21(27)14-9-16-17-12(8-11-6-4-5-7-15(11)23-17)18(22-2)24(16)19(25)13(14)10-28-20(21)26/h4-9,18,22,27H,3,10H2,1-2H3/t18?,21-/m0/s1. The number of rotatable bonds is 2. The number of esters is 1. The van der Waals surface area contributed by atoms with Crippen molar-refractivity contribution in [3.63, 3.8) is 0 Å². The quantitative estimate of drug-likeness (QED) is 0.662. The summed E-state index contributed by atoms with van der Waals surface area (Å²) >= 11 is 0. The summed E-state index contributed by atoms with van der Waals surface area (Å²) in [5.74, 6) is -0.721. The fourth-order valence-corrected chi connectivity index (χ4v) is 4.28. The number of cyclic esters (lactones) is 1. The Kier molecular flexibility index (Phi) is 3.50. The molecule has 2 aromatic heterocycles. The molecule has 2 aliphatic rings. The van der Waals surface area contributed by atoms with E-state index in [9.17, 15) is 14.7 Å². The van der Waals surface area contributed by atoms with Gasteiger partial charge in [-0.15, -0.1) is 0 Å². The molecule has 0 radical (unpaired) electrons. The molecule has 7 nitrogen and oxygen atoms in total. The Morgan fingerprint density at radius 3 is 2.86 bits per heavy atom. The van der Waals surface area contributed by atoms with Crippen molar-refractivity contribution in [1.82, 2.24) is 14.9 Å². The van der Waals surface area contributed by atoms with Crippen LogP contribution in [0.25, 0.3) is 22.3 Å². The average Bonchev–Trinajstić information content (AvgIpc) is 3.02. The van der Waals surface area contributed by atoms with E-state index < -0.39 is 11.6 Å². The lowest BCUT2D eigenvalue weighted by Crippen LogP contribution is -2.45. The molecule has 0 bridgehead atoms. The maximum absolute atomic E-state index is 13.3.